The number of hydrogen-bond donors (Lipinski definition) is 0. The van der Waals surface area contributed by atoms with Crippen molar-refractivity contribution in [1.82, 2.24) is 9.55 Å². The van der Waals surface area contributed by atoms with E-state index in [0.29, 0.717) is 0 Å². The van der Waals surface area contributed by atoms with Gasteiger partial charge in [-0.25, -0.2) is 4.98 Å². The topological polar surface area (TPSA) is 17.8 Å². The van der Waals surface area contributed by atoms with Crippen molar-refractivity contribution < 1.29 is 0 Å². The molecule has 0 bridgehead atoms. The van der Waals surface area contributed by atoms with Crippen molar-refractivity contribution in [2.24, 2.45) is 0 Å². The summed E-state index contributed by atoms with van der Waals surface area (Å²) >= 11 is 1.84. The largest absolute Gasteiger partial charge is 0.292 e. The lowest BCUT2D eigenvalue weighted by Crippen LogP contribution is -1.97. The number of aromatic nitrogens is 2. The predicted octanol–water partition coefficient (Wildman–Crippen LogP) is 8.73. The Labute approximate surface area is 201 Å². The van der Waals surface area contributed by atoms with E-state index in [0.717, 1.165) is 22.5 Å². The summed E-state index contributed by atoms with van der Waals surface area (Å²) in [5, 5.41) is 2.59. The molecule has 2 aromatic heterocycles. The third kappa shape index (κ3) is 2.98. The van der Waals surface area contributed by atoms with Crippen molar-refractivity contribution in [3.05, 3.63) is 121 Å². The summed E-state index contributed by atoms with van der Waals surface area (Å²) in [5.74, 6) is 0.978. The van der Waals surface area contributed by atoms with Gasteiger partial charge in [-0.3, -0.25) is 4.57 Å². The van der Waals surface area contributed by atoms with Gasteiger partial charge in [0.25, 0.3) is 0 Å². The zero-order valence-electron chi connectivity index (χ0n) is 18.3. The molecule has 0 saturated carbocycles. The summed E-state index contributed by atoms with van der Waals surface area (Å²) in [7, 11) is 0. The van der Waals surface area contributed by atoms with E-state index in [4.69, 9.17) is 4.98 Å². The maximum absolute atomic E-state index is 5.13. The SMILES string of the molecule is c1ccc(-c2ccc(-n3c(-c4cccc5c4sc4ccccc45)nc4ccccc43)cc2)cc1. The lowest BCUT2D eigenvalue weighted by Gasteiger charge is -2.11. The Morgan fingerprint density at radius 3 is 2.15 bits per heavy atom. The summed E-state index contributed by atoms with van der Waals surface area (Å²) in [6.07, 6.45) is 0. The molecule has 0 fully saturated rings. The normalized spacial score (nSPS) is 11.5. The Hall–Kier alpha value is -4.21. The molecule has 34 heavy (non-hydrogen) atoms. The number of hydrogen-bond acceptors (Lipinski definition) is 2. The molecule has 0 atom stereocenters. The molecule has 0 saturated heterocycles. The summed E-state index contributed by atoms with van der Waals surface area (Å²) in [6.45, 7) is 0. The molecule has 0 spiro atoms. The van der Waals surface area contributed by atoms with Crippen LogP contribution in [0.1, 0.15) is 0 Å². The van der Waals surface area contributed by atoms with Gasteiger partial charge in [0.2, 0.25) is 0 Å². The van der Waals surface area contributed by atoms with Gasteiger partial charge < -0.3 is 0 Å². The second kappa shape index (κ2) is 7.68. The van der Waals surface area contributed by atoms with Gasteiger partial charge in [-0.15, -0.1) is 11.3 Å². The van der Waals surface area contributed by atoms with Crippen LogP contribution in [-0.2, 0) is 0 Å². The minimum absolute atomic E-state index is 0.978. The van der Waals surface area contributed by atoms with Gasteiger partial charge in [0, 0.05) is 31.4 Å². The number of nitrogens with zero attached hydrogens (tertiary/aromatic N) is 2. The van der Waals surface area contributed by atoms with E-state index >= 15 is 0 Å². The Morgan fingerprint density at radius 1 is 0.559 bits per heavy atom. The van der Waals surface area contributed by atoms with E-state index in [1.54, 1.807) is 0 Å². The van der Waals surface area contributed by atoms with Crippen LogP contribution in [0, 0.1) is 0 Å². The summed E-state index contributed by atoms with van der Waals surface area (Å²) in [4.78, 5) is 5.13. The van der Waals surface area contributed by atoms with Crippen LogP contribution in [0.3, 0.4) is 0 Å². The van der Waals surface area contributed by atoms with Gasteiger partial charge in [-0.1, -0.05) is 84.9 Å². The molecule has 0 aliphatic heterocycles. The molecule has 5 aromatic carbocycles. The van der Waals surface area contributed by atoms with Crippen molar-refractivity contribution in [2.45, 2.75) is 0 Å². The number of thiophene rings is 1. The maximum Gasteiger partial charge on any atom is 0.147 e. The molecule has 0 radical (unpaired) electrons. The molecular weight excluding hydrogens is 432 g/mol. The average molecular weight is 453 g/mol. The molecule has 7 aromatic rings. The number of imidazole rings is 1. The zero-order valence-corrected chi connectivity index (χ0v) is 19.2. The van der Waals surface area contributed by atoms with Crippen LogP contribution in [-0.4, -0.2) is 9.55 Å². The van der Waals surface area contributed by atoms with E-state index in [-0.39, 0.29) is 0 Å². The highest BCUT2D eigenvalue weighted by Crippen LogP contribution is 2.41. The molecule has 0 amide bonds. The molecule has 2 heterocycles. The predicted molar refractivity (Wildman–Crippen MR) is 145 cm³/mol. The molecule has 0 aliphatic rings. The second-order valence-corrected chi connectivity index (χ2v) is 9.51. The van der Waals surface area contributed by atoms with E-state index in [2.05, 4.69) is 126 Å². The standard InChI is InChI=1S/C31H20N2S/c1-2-9-21(10-3-1)22-17-19-23(20-18-22)33-28-15-6-5-14-27(28)32-31(33)26-13-8-12-25-24-11-4-7-16-29(24)34-30(25)26/h1-20H. The van der Waals surface area contributed by atoms with Crippen molar-refractivity contribution in [2.75, 3.05) is 0 Å². The highest BCUT2D eigenvalue weighted by atomic mass is 32.1. The lowest BCUT2D eigenvalue weighted by atomic mass is 10.1. The first-order valence-electron chi connectivity index (χ1n) is 11.4. The van der Waals surface area contributed by atoms with Crippen molar-refractivity contribution in [3.8, 4) is 28.2 Å². The van der Waals surface area contributed by atoms with Crippen LogP contribution in [0.25, 0.3) is 59.4 Å². The molecule has 0 unspecified atom stereocenters. The van der Waals surface area contributed by atoms with Crippen LogP contribution in [0.4, 0.5) is 0 Å². The zero-order chi connectivity index (χ0) is 22.5. The number of para-hydroxylation sites is 2. The fourth-order valence-electron chi connectivity index (χ4n) is 4.82. The molecule has 0 aliphatic carbocycles. The smallest absolute Gasteiger partial charge is 0.147 e. The summed E-state index contributed by atoms with van der Waals surface area (Å²) < 4.78 is 4.88. The first-order valence-corrected chi connectivity index (χ1v) is 12.2. The van der Waals surface area contributed by atoms with Crippen molar-refractivity contribution in [1.29, 1.82) is 0 Å². The summed E-state index contributed by atoms with van der Waals surface area (Å²) in [6, 6.07) is 42.9. The van der Waals surface area contributed by atoms with Gasteiger partial charge >= 0.3 is 0 Å². The minimum atomic E-state index is 0.978. The van der Waals surface area contributed by atoms with Crippen LogP contribution in [0.2, 0.25) is 0 Å². The minimum Gasteiger partial charge on any atom is -0.292 e. The Bertz CT molecular complexity index is 1790. The number of fused-ring (bicyclic) bond motifs is 4. The fourth-order valence-corrected chi connectivity index (χ4v) is 6.04. The highest BCUT2D eigenvalue weighted by molar-refractivity contribution is 7.26. The second-order valence-electron chi connectivity index (χ2n) is 8.45. The average Bonchev–Trinajstić information content (AvgIpc) is 3.48. The van der Waals surface area contributed by atoms with Gasteiger partial charge in [-0.05, 0) is 47.5 Å². The van der Waals surface area contributed by atoms with Crippen molar-refractivity contribution in [3.63, 3.8) is 0 Å². The Balaban J connectivity index is 1.47. The molecular formula is C31H20N2S. The van der Waals surface area contributed by atoms with Crippen LogP contribution in [0.15, 0.2) is 121 Å². The lowest BCUT2D eigenvalue weighted by molar-refractivity contribution is 1.11. The first kappa shape index (κ1) is 19.3. The van der Waals surface area contributed by atoms with Crippen molar-refractivity contribution >= 4 is 42.5 Å². The third-order valence-corrected chi connectivity index (χ3v) is 7.66. The third-order valence-electron chi connectivity index (χ3n) is 6.44. The monoisotopic (exact) mass is 452 g/mol. The van der Waals surface area contributed by atoms with Gasteiger partial charge in [0.1, 0.15) is 5.82 Å². The molecule has 7 rings (SSSR count). The number of benzene rings is 5. The van der Waals surface area contributed by atoms with Crippen LogP contribution in [0.5, 0.6) is 0 Å². The summed E-state index contributed by atoms with van der Waals surface area (Å²) in [5.41, 5.74) is 6.83. The Kier molecular flexibility index (Phi) is 4.36. The fraction of sp³-hybridized carbons (Fsp3) is 0. The molecule has 2 nitrogen and oxygen atoms in total. The van der Waals surface area contributed by atoms with E-state index in [1.165, 1.54) is 36.9 Å². The van der Waals surface area contributed by atoms with Gasteiger partial charge in [0.05, 0.1) is 11.0 Å². The number of rotatable bonds is 3. The van der Waals surface area contributed by atoms with Gasteiger partial charge in [-0.2, -0.15) is 0 Å². The highest BCUT2D eigenvalue weighted by Gasteiger charge is 2.18. The first-order chi connectivity index (χ1) is 16.9. The molecule has 0 N–H and O–H groups in total. The van der Waals surface area contributed by atoms with E-state index in [1.807, 2.05) is 11.3 Å². The maximum atomic E-state index is 5.13. The quantitative estimate of drug-likeness (QED) is 0.262. The molecule has 160 valence electrons. The van der Waals surface area contributed by atoms with E-state index in [9.17, 15) is 0 Å². The van der Waals surface area contributed by atoms with Gasteiger partial charge in [0.15, 0.2) is 0 Å². The van der Waals surface area contributed by atoms with Crippen LogP contribution >= 0.6 is 11.3 Å². The molecule has 3 heteroatoms. The van der Waals surface area contributed by atoms with Crippen LogP contribution < -0.4 is 0 Å². The Morgan fingerprint density at radius 2 is 1.26 bits per heavy atom. The van der Waals surface area contributed by atoms with E-state index < -0.39 is 0 Å².